The van der Waals surface area contributed by atoms with Crippen LogP contribution in [0.1, 0.15) is 44.9 Å². The molecular weight excluding hydrogens is 612 g/mol. The van der Waals surface area contributed by atoms with E-state index in [-0.39, 0.29) is 51.7 Å². The molecule has 1 aliphatic heterocycles. The van der Waals surface area contributed by atoms with Crippen LogP contribution < -0.4 is 9.47 Å². The second-order valence-corrected chi connectivity index (χ2v) is 9.79. The van der Waals surface area contributed by atoms with Crippen molar-refractivity contribution in [1.82, 2.24) is 0 Å². The quantitative estimate of drug-likeness (QED) is 0.0860. The van der Waals surface area contributed by atoms with Gasteiger partial charge in [0.1, 0.15) is 34.7 Å². The molecule has 0 radical (unpaired) electrons. The van der Waals surface area contributed by atoms with E-state index in [9.17, 15) is 55.2 Å². The molecule has 0 unspecified atom stereocenters. The Hall–Kier alpha value is -6.51. The molecule has 0 spiro atoms. The average Bonchev–Trinajstić information content (AvgIpc) is 2.98. The molecule has 0 aliphatic carbocycles. The Morgan fingerprint density at radius 1 is 0.761 bits per heavy atom. The second-order valence-electron chi connectivity index (χ2n) is 9.79. The zero-order valence-electron chi connectivity index (χ0n) is 23.6. The Kier molecular flexibility index (Phi) is 9.16. The van der Waals surface area contributed by atoms with E-state index in [0.29, 0.717) is 0 Å². The van der Waals surface area contributed by atoms with Crippen molar-refractivity contribution in [1.29, 1.82) is 0 Å². The van der Waals surface area contributed by atoms with Crippen LogP contribution in [0.3, 0.4) is 0 Å². The fourth-order valence-corrected chi connectivity index (χ4v) is 4.44. The molecule has 2 atom stereocenters. The van der Waals surface area contributed by atoms with Crippen molar-refractivity contribution in [2.45, 2.75) is 25.6 Å². The van der Waals surface area contributed by atoms with Gasteiger partial charge in [0.15, 0.2) is 40.6 Å². The first-order chi connectivity index (χ1) is 21.7. The lowest BCUT2D eigenvalue weighted by Gasteiger charge is -2.34. The lowest BCUT2D eigenvalue weighted by molar-refractivity contribution is -0.131. The van der Waals surface area contributed by atoms with E-state index < -0.39 is 64.6 Å². The van der Waals surface area contributed by atoms with Gasteiger partial charge in [0, 0.05) is 36.6 Å². The molecule has 0 aromatic heterocycles. The zero-order chi connectivity index (χ0) is 33.9. The lowest BCUT2D eigenvalue weighted by Crippen LogP contribution is -2.34. The molecule has 1 aliphatic rings. The number of fused-ring (bicyclic) bond motifs is 1. The summed E-state index contributed by atoms with van der Waals surface area (Å²) in [6, 6.07) is 12.2. The molecule has 240 valence electrons. The molecule has 0 saturated heterocycles. The van der Waals surface area contributed by atoms with Gasteiger partial charge in [-0.15, -0.1) is 0 Å². The van der Waals surface area contributed by atoms with E-state index in [1.807, 2.05) is 0 Å². The largest absolute Gasteiger partial charge is 0.508 e. The van der Waals surface area contributed by atoms with Gasteiger partial charge in [0.2, 0.25) is 0 Å². The van der Waals surface area contributed by atoms with Crippen LogP contribution in [0.15, 0.2) is 60.7 Å². The standard InChI is InChI=1S/C22H18O11.C9H8O4/c23-10-5-12(24)11-7-18(33-22(31)9-3-15(27)20(30)16(28)4-9)21(32-17(11)6-10)8-1-13(25)19(29)14(26)2-8;1-6(10)13-8-5-3-2-4-7(8)9(11)12/h1-6,18,21,23-30H,7H2;2-5H,1H3,(H,11,12)/t18-,21-;/m1./s1. The first kappa shape index (κ1) is 32.4. The number of phenolic OH excluding ortho intramolecular Hbond substituents is 8. The van der Waals surface area contributed by atoms with Crippen molar-refractivity contribution in [2.24, 2.45) is 0 Å². The summed E-state index contributed by atoms with van der Waals surface area (Å²) in [5.41, 5.74) is -0.0349. The third kappa shape index (κ3) is 6.99. The minimum atomic E-state index is -1.18. The van der Waals surface area contributed by atoms with E-state index in [1.165, 1.54) is 25.1 Å². The molecule has 0 bridgehead atoms. The maximum absolute atomic E-state index is 12.7. The summed E-state index contributed by atoms with van der Waals surface area (Å²) in [5.74, 6) is -7.64. The lowest BCUT2D eigenvalue weighted by atomic mass is 9.93. The van der Waals surface area contributed by atoms with E-state index in [0.717, 1.165) is 30.3 Å². The number of carboxylic acids is 1. The Morgan fingerprint density at radius 3 is 1.89 bits per heavy atom. The normalized spacial score (nSPS) is 14.9. The van der Waals surface area contributed by atoms with Crippen LogP contribution in [0.4, 0.5) is 0 Å². The highest BCUT2D eigenvalue weighted by molar-refractivity contribution is 5.92. The van der Waals surface area contributed by atoms with Crippen LogP contribution in [0, 0.1) is 0 Å². The summed E-state index contributed by atoms with van der Waals surface area (Å²) in [7, 11) is 0. The molecule has 46 heavy (non-hydrogen) atoms. The number of hydrogen-bond acceptors (Lipinski definition) is 14. The first-order valence-corrected chi connectivity index (χ1v) is 13.1. The fourth-order valence-electron chi connectivity index (χ4n) is 4.44. The highest BCUT2D eigenvalue weighted by Crippen LogP contribution is 2.46. The van der Waals surface area contributed by atoms with Gasteiger partial charge in [-0.05, 0) is 36.4 Å². The first-order valence-electron chi connectivity index (χ1n) is 13.1. The van der Waals surface area contributed by atoms with Crippen LogP contribution in [-0.2, 0) is 16.0 Å². The number of aromatic hydroxyl groups is 8. The zero-order valence-corrected chi connectivity index (χ0v) is 23.6. The monoisotopic (exact) mass is 638 g/mol. The molecule has 0 saturated carbocycles. The number of carbonyl (C=O) groups is 3. The number of phenols is 8. The number of benzene rings is 4. The number of rotatable bonds is 5. The van der Waals surface area contributed by atoms with Crippen molar-refractivity contribution in [3.63, 3.8) is 0 Å². The highest BCUT2D eigenvalue weighted by atomic mass is 16.6. The summed E-state index contributed by atoms with van der Waals surface area (Å²) in [4.78, 5) is 33.9. The summed E-state index contributed by atoms with van der Waals surface area (Å²) in [6.45, 7) is 1.22. The molecule has 4 aromatic rings. The Labute approximate surface area is 258 Å². The van der Waals surface area contributed by atoms with Crippen LogP contribution >= 0.6 is 0 Å². The SMILES string of the molecule is CC(=O)Oc1ccccc1C(=O)O.O=C(O[C@@H]1Cc2c(O)cc(O)cc2O[C@@H]1c1cc(O)c(O)c(O)c1)c1cc(O)c(O)c(O)c1. The van der Waals surface area contributed by atoms with Gasteiger partial charge in [-0.2, -0.15) is 0 Å². The van der Waals surface area contributed by atoms with E-state index in [2.05, 4.69) is 4.74 Å². The van der Waals surface area contributed by atoms with Crippen molar-refractivity contribution in [2.75, 3.05) is 0 Å². The van der Waals surface area contributed by atoms with Crippen molar-refractivity contribution in [3.05, 3.63) is 82.9 Å². The molecule has 9 N–H and O–H groups in total. The van der Waals surface area contributed by atoms with Gasteiger partial charge in [0.05, 0.1) is 5.56 Å². The number of carbonyl (C=O) groups excluding carboxylic acids is 2. The third-order valence-electron chi connectivity index (χ3n) is 6.52. The molecular formula is C31H26O15. The minimum absolute atomic E-state index is 0.0160. The molecule has 15 nitrogen and oxygen atoms in total. The number of hydrogen-bond donors (Lipinski definition) is 9. The number of carboxylic acid groups (broad SMARTS) is 1. The number of ether oxygens (including phenoxy) is 3. The second kappa shape index (κ2) is 13.0. The number of para-hydroxylation sites is 1. The van der Waals surface area contributed by atoms with E-state index >= 15 is 0 Å². The fraction of sp³-hybridized carbons (Fsp3) is 0.129. The van der Waals surface area contributed by atoms with Gasteiger partial charge in [-0.25, -0.2) is 9.59 Å². The highest BCUT2D eigenvalue weighted by Gasteiger charge is 2.37. The van der Waals surface area contributed by atoms with Gasteiger partial charge in [-0.3, -0.25) is 4.79 Å². The smallest absolute Gasteiger partial charge is 0.339 e. The number of aromatic carboxylic acids is 1. The third-order valence-corrected chi connectivity index (χ3v) is 6.52. The van der Waals surface area contributed by atoms with E-state index in [4.69, 9.17) is 14.6 Å². The number of esters is 2. The van der Waals surface area contributed by atoms with Gasteiger partial charge in [-0.1, -0.05) is 12.1 Å². The average molecular weight is 639 g/mol. The molecule has 4 aromatic carbocycles. The summed E-state index contributed by atoms with van der Waals surface area (Å²) in [6.07, 6.45) is -2.49. The van der Waals surface area contributed by atoms with Gasteiger partial charge >= 0.3 is 17.9 Å². The maximum atomic E-state index is 12.7. The van der Waals surface area contributed by atoms with Crippen molar-refractivity contribution >= 4 is 17.9 Å². The Bertz CT molecular complexity index is 1790. The van der Waals surface area contributed by atoms with Crippen LogP contribution in [0.5, 0.6) is 57.5 Å². The molecule has 0 amide bonds. The maximum Gasteiger partial charge on any atom is 0.339 e. The summed E-state index contributed by atoms with van der Waals surface area (Å²) in [5, 5.41) is 86.9. The minimum Gasteiger partial charge on any atom is -0.508 e. The van der Waals surface area contributed by atoms with Crippen molar-refractivity contribution < 1.29 is 74.6 Å². The molecule has 5 rings (SSSR count). The topological polar surface area (TPSA) is 261 Å². The van der Waals surface area contributed by atoms with E-state index in [1.54, 1.807) is 12.1 Å². The van der Waals surface area contributed by atoms with Gasteiger partial charge < -0.3 is 60.2 Å². The molecule has 0 fully saturated rings. The Balaban J connectivity index is 0.000000310. The predicted octanol–water partition coefficient (Wildman–Crippen LogP) is 3.54. The Morgan fingerprint density at radius 2 is 1.33 bits per heavy atom. The van der Waals surface area contributed by atoms with Crippen LogP contribution in [0.25, 0.3) is 0 Å². The molecule has 1 heterocycles. The predicted molar refractivity (Wildman–Crippen MR) is 154 cm³/mol. The molecule has 15 heteroatoms. The summed E-state index contributed by atoms with van der Waals surface area (Å²) < 4.78 is 16.0. The summed E-state index contributed by atoms with van der Waals surface area (Å²) >= 11 is 0. The van der Waals surface area contributed by atoms with Gasteiger partial charge in [0.25, 0.3) is 0 Å². The van der Waals surface area contributed by atoms with Crippen LogP contribution in [0.2, 0.25) is 0 Å². The van der Waals surface area contributed by atoms with Crippen LogP contribution in [-0.4, -0.2) is 70.0 Å². The van der Waals surface area contributed by atoms with Crippen molar-refractivity contribution in [3.8, 4) is 57.5 Å².